The number of esters is 1. The van der Waals surface area contributed by atoms with E-state index in [1.165, 1.54) is 11.3 Å². The van der Waals surface area contributed by atoms with Crippen LogP contribution in [-0.2, 0) is 9.47 Å². The predicted octanol–water partition coefficient (Wildman–Crippen LogP) is 3.85. The molecule has 0 spiro atoms. The summed E-state index contributed by atoms with van der Waals surface area (Å²) in [6.45, 7) is 8.13. The predicted molar refractivity (Wildman–Crippen MR) is 88.2 cm³/mol. The molecule has 0 radical (unpaired) electrons. The largest absolute Gasteiger partial charge is 0.462 e. The lowest BCUT2D eigenvalue weighted by molar-refractivity contribution is 0.0519. The van der Waals surface area contributed by atoms with Crippen LogP contribution < -0.4 is 5.32 Å². The number of rotatable bonds is 6. The van der Waals surface area contributed by atoms with Crippen molar-refractivity contribution in [2.45, 2.75) is 39.7 Å². The first-order chi connectivity index (χ1) is 10.3. The van der Waals surface area contributed by atoms with Gasteiger partial charge in [-0.25, -0.2) is 9.59 Å². The van der Waals surface area contributed by atoms with Crippen molar-refractivity contribution in [3.63, 3.8) is 0 Å². The van der Waals surface area contributed by atoms with Crippen LogP contribution in [0.1, 0.15) is 48.7 Å². The topological polar surface area (TPSA) is 64.6 Å². The number of carbonyl (C=O) groups excluding carboxylic acids is 2. The summed E-state index contributed by atoms with van der Waals surface area (Å²) in [5.41, 5.74) is -0.486. The van der Waals surface area contributed by atoms with Gasteiger partial charge >= 0.3 is 12.1 Å². The van der Waals surface area contributed by atoms with Crippen LogP contribution in [0.3, 0.4) is 0 Å². The number of amides is 1. The molecule has 1 N–H and O–H groups in total. The Morgan fingerprint density at radius 2 is 2.05 bits per heavy atom. The summed E-state index contributed by atoms with van der Waals surface area (Å²) in [5, 5.41) is 2.68. The van der Waals surface area contributed by atoms with Gasteiger partial charge in [0.15, 0.2) is 0 Å². The molecule has 0 bridgehead atoms. The van der Waals surface area contributed by atoms with Gasteiger partial charge in [0.1, 0.15) is 10.5 Å². The third-order valence-electron chi connectivity index (χ3n) is 2.36. The van der Waals surface area contributed by atoms with Gasteiger partial charge in [0, 0.05) is 11.4 Å². The summed E-state index contributed by atoms with van der Waals surface area (Å²) in [6.07, 6.45) is 4.13. The van der Waals surface area contributed by atoms with Crippen LogP contribution in [0.5, 0.6) is 0 Å². The van der Waals surface area contributed by atoms with Crippen molar-refractivity contribution < 1.29 is 19.1 Å². The van der Waals surface area contributed by atoms with Gasteiger partial charge in [0.05, 0.1) is 6.61 Å². The highest BCUT2D eigenvalue weighted by atomic mass is 32.1. The smallest absolute Gasteiger partial charge is 0.407 e. The highest BCUT2D eigenvalue weighted by Gasteiger charge is 2.15. The van der Waals surface area contributed by atoms with E-state index in [4.69, 9.17) is 9.47 Å². The van der Waals surface area contributed by atoms with E-state index >= 15 is 0 Å². The quantitative estimate of drug-likeness (QED) is 0.637. The molecule has 1 rings (SSSR count). The van der Waals surface area contributed by atoms with Crippen molar-refractivity contribution >= 4 is 29.5 Å². The highest BCUT2D eigenvalue weighted by molar-refractivity contribution is 7.14. The summed E-state index contributed by atoms with van der Waals surface area (Å²) in [6, 6.07) is 3.62. The molecule has 0 fully saturated rings. The molecule has 1 heterocycles. The first-order valence-corrected chi connectivity index (χ1v) is 8.04. The molecule has 0 aliphatic heterocycles. The monoisotopic (exact) mass is 325 g/mol. The maximum Gasteiger partial charge on any atom is 0.407 e. The SMILES string of the molecule is CCOC(=O)c1ccc(C=CCCNC(=O)OC(C)(C)C)s1. The van der Waals surface area contributed by atoms with E-state index in [0.717, 1.165) is 4.88 Å². The van der Waals surface area contributed by atoms with Gasteiger partial charge in [-0.15, -0.1) is 11.3 Å². The number of hydrogen-bond donors (Lipinski definition) is 1. The second-order valence-corrected chi connectivity index (χ2v) is 6.66. The Balaban J connectivity index is 2.32. The normalized spacial score (nSPS) is 11.5. The fourth-order valence-electron chi connectivity index (χ4n) is 1.53. The van der Waals surface area contributed by atoms with E-state index in [1.54, 1.807) is 13.0 Å². The fourth-order valence-corrected chi connectivity index (χ4v) is 2.36. The lowest BCUT2D eigenvalue weighted by Gasteiger charge is -2.19. The third-order valence-corrected chi connectivity index (χ3v) is 3.40. The van der Waals surface area contributed by atoms with Gasteiger partial charge in [-0.05, 0) is 52.3 Å². The van der Waals surface area contributed by atoms with Crippen molar-refractivity contribution in [3.8, 4) is 0 Å². The van der Waals surface area contributed by atoms with Crippen molar-refractivity contribution in [3.05, 3.63) is 28.0 Å². The first-order valence-electron chi connectivity index (χ1n) is 7.22. The summed E-state index contributed by atoms with van der Waals surface area (Å²) >= 11 is 1.38. The van der Waals surface area contributed by atoms with Gasteiger partial charge in [-0.3, -0.25) is 0 Å². The number of carbonyl (C=O) groups is 2. The van der Waals surface area contributed by atoms with Crippen LogP contribution in [0, 0.1) is 0 Å². The molecule has 0 aromatic carbocycles. The minimum atomic E-state index is -0.486. The molecule has 1 amide bonds. The van der Waals surface area contributed by atoms with Crippen LogP contribution in [0.2, 0.25) is 0 Å². The lowest BCUT2D eigenvalue weighted by atomic mass is 10.2. The number of alkyl carbamates (subject to hydrolysis) is 1. The van der Waals surface area contributed by atoms with Crippen molar-refractivity contribution in [2.24, 2.45) is 0 Å². The maximum atomic E-state index is 11.5. The zero-order chi connectivity index (χ0) is 16.6. The molecule has 5 nitrogen and oxygen atoms in total. The molecular weight excluding hydrogens is 302 g/mol. The van der Waals surface area contributed by atoms with E-state index in [2.05, 4.69) is 5.32 Å². The number of hydrogen-bond acceptors (Lipinski definition) is 5. The molecule has 6 heteroatoms. The van der Waals surface area contributed by atoms with Crippen LogP contribution in [0.15, 0.2) is 18.2 Å². The Morgan fingerprint density at radius 3 is 2.68 bits per heavy atom. The molecule has 1 aromatic heterocycles. The number of nitrogens with one attached hydrogen (secondary N) is 1. The standard InChI is InChI=1S/C16H23NO4S/c1-5-20-14(18)13-10-9-12(22-13)8-6-7-11-17-15(19)21-16(2,3)4/h6,8-10H,5,7,11H2,1-4H3,(H,17,19). The van der Waals surface area contributed by atoms with Gasteiger partial charge in [-0.2, -0.15) is 0 Å². The summed E-state index contributed by atoms with van der Waals surface area (Å²) in [5.74, 6) is -0.293. The molecule has 0 aliphatic rings. The molecule has 122 valence electrons. The summed E-state index contributed by atoms with van der Waals surface area (Å²) in [7, 11) is 0. The second-order valence-electron chi connectivity index (χ2n) is 5.54. The first kappa shape index (κ1) is 18.2. The minimum absolute atomic E-state index is 0.293. The summed E-state index contributed by atoms with van der Waals surface area (Å²) in [4.78, 5) is 24.5. The molecule has 0 unspecified atom stereocenters. The van der Waals surface area contributed by atoms with Gasteiger partial charge < -0.3 is 14.8 Å². The van der Waals surface area contributed by atoms with E-state index < -0.39 is 11.7 Å². The van der Waals surface area contributed by atoms with Gasteiger partial charge in [0.2, 0.25) is 0 Å². The maximum absolute atomic E-state index is 11.5. The van der Waals surface area contributed by atoms with Crippen molar-refractivity contribution in [1.82, 2.24) is 5.32 Å². The Morgan fingerprint density at radius 1 is 1.32 bits per heavy atom. The van der Waals surface area contributed by atoms with E-state index in [9.17, 15) is 9.59 Å². The van der Waals surface area contributed by atoms with Crippen LogP contribution in [-0.4, -0.2) is 30.8 Å². The average molecular weight is 325 g/mol. The van der Waals surface area contributed by atoms with E-state index in [1.807, 2.05) is 39.0 Å². The van der Waals surface area contributed by atoms with E-state index in [-0.39, 0.29) is 5.97 Å². The van der Waals surface area contributed by atoms with Crippen molar-refractivity contribution in [2.75, 3.05) is 13.2 Å². The Hall–Kier alpha value is -1.82. The molecule has 0 atom stereocenters. The van der Waals surface area contributed by atoms with Gasteiger partial charge in [0.25, 0.3) is 0 Å². The zero-order valence-corrected chi connectivity index (χ0v) is 14.3. The number of ether oxygens (including phenoxy) is 2. The van der Waals surface area contributed by atoms with Crippen LogP contribution in [0.4, 0.5) is 4.79 Å². The molecule has 0 aliphatic carbocycles. The Kier molecular flexibility index (Phi) is 7.11. The minimum Gasteiger partial charge on any atom is -0.462 e. The molecule has 22 heavy (non-hydrogen) atoms. The summed E-state index contributed by atoms with van der Waals surface area (Å²) < 4.78 is 10.1. The van der Waals surface area contributed by atoms with Crippen molar-refractivity contribution in [1.29, 1.82) is 0 Å². The number of thiophene rings is 1. The molecule has 0 saturated heterocycles. The molecule has 0 saturated carbocycles. The second kappa shape index (κ2) is 8.58. The van der Waals surface area contributed by atoms with E-state index in [0.29, 0.717) is 24.4 Å². The van der Waals surface area contributed by atoms with Gasteiger partial charge in [-0.1, -0.05) is 6.08 Å². The van der Waals surface area contributed by atoms with Crippen LogP contribution >= 0.6 is 11.3 Å². The van der Waals surface area contributed by atoms with Crippen LogP contribution in [0.25, 0.3) is 6.08 Å². The average Bonchev–Trinajstić information content (AvgIpc) is 2.85. The Bertz CT molecular complexity index is 528. The zero-order valence-electron chi connectivity index (χ0n) is 13.5. The lowest BCUT2D eigenvalue weighted by Crippen LogP contribution is -2.32. The molecular formula is C16H23NO4S. The fraction of sp³-hybridized carbons (Fsp3) is 0.500. The Labute approximate surface area is 135 Å². The third kappa shape index (κ3) is 7.26. The molecule has 1 aromatic rings. The highest BCUT2D eigenvalue weighted by Crippen LogP contribution is 2.19.